The van der Waals surface area contributed by atoms with E-state index in [-0.39, 0.29) is 17.8 Å². The smallest absolute Gasteiger partial charge is 0.338 e. The van der Waals surface area contributed by atoms with Crippen molar-refractivity contribution >= 4 is 17.9 Å². The number of aliphatic hydroxyl groups is 1. The van der Waals surface area contributed by atoms with Crippen LogP contribution in [-0.4, -0.2) is 47.9 Å². The van der Waals surface area contributed by atoms with Gasteiger partial charge < -0.3 is 19.3 Å². The van der Waals surface area contributed by atoms with Gasteiger partial charge in [0.15, 0.2) is 0 Å². The second-order valence-electron chi connectivity index (χ2n) is 6.03. The van der Waals surface area contributed by atoms with Gasteiger partial charge in [-0.1, -0.05) is 6.58 Å². The SMILES string of the molecule is C=C1C(=O)OC2/C=C(\CO)CCC(OC(C)=O)C3=CC(OC3=O)C12. The summed E-state index contributed by atoms with van der Waals surface area (Å²) in [5.74, 6) is -2.20. The Kier molecular flexibility index (Phi) is 4.28. The molecular formula is C17H18O7. The zero-order valence-electron chi connectivity index (χ0n) is 13.2. The Morgan fingerprint density at radius 3 is 2.62 bits per heavy atom. The minimum absolute atomic E-state index is 0.216. The van der Waals surface area contributed by atoms with E-state index in [2.05, 4.69) is 6.58 Å². The number of hydrogen-bond donors (Lipinski definition) is 1. The first-order valence-corrected chi connectivity index (χ1v) is 7.71. The first-order chi connectivity index (χ1) is 11.4. The van der Waals surface area contributed by atoms with Crippen LogP contribution in [0, 0.1) is 5.92 Å². The van der Waals surface area contributed by atoms with Crippen molar-refractivity contribution in [3.05, 3.63) is 35.5 Å². The predicted octanol–water partition coefficient (Wildman–Crippen LogP) is 0.580. The van der Waals surface area contributed by atoms with Crippen molar-refractivity contribution in [1.29, 1.82) is 0 Å². The Labute approximate surface area is 138 Å². The van der Waals surface area contributed by atoms with E-state index in [1.807, 2.05) is 0 Å². The Morgan fingerprint density at radius 2 is 1.96 bits per heavy atom. The van der Waals surface area contributed by atoms with Crippen LogP contribution in [0.3, 0.4) is 0 Å². The van der Waals surface area contributed by atoms with E-state index in [1.54, 1.807) is 12.2 Å². The van der Waals surface area contributed by atoms with Crippen molar-refractivity contribution in [1.82, 2.24) is 0 Å². The third-order valence-corrected chi connectivity index (χ3v) is 4.42. The maximum atomic E-state index is 12.2. The molecule has 3 rings (SSSR count). The fraction of sp³-hybridized carbons (Fsp3) is 0.471. The largest absolute Gasteiger partial charge is 0.457 e. The van der Waals surface area contributed by atoms with Gasteiger partial charge in [0.2, 0.25) is 0 Å². The number of ether oxygens (including phenoxy) is 3. The molecule has 128 valence electrons. The quantitative estimate of drug-likeness (QED) is 0.341. The molecule has 24 heavy (non-hydrogen) atoms. The summed E-state index contributed by atoms with van der Waals surface area (Å²) >= 11 is 0. The second-order valence-corrected chi connectivity index (χ2v) is 6.03. The second kappa shape index (κ2) is 6.24. The molecule has 2 heterocycles. The molecule has 0 aromatic carbocycles. The Balaban J connectivity index is 2.01. The fourth-order valence-corrected chi connectivity index (χ4v) is 3.26. The summed E-state index contributed by atoms with van der Waals surface area (Å²) in [5.41, 5.74) is 1.10. The maximum Gasteiger partial charge on any atom is 0.338 e. The van der Waals surface area contributed by atoms with Crippen LogP contribution in [0.5, 0.6) is 0 Å². The number of esters is 3. The number of carbonyl (C=O) groups is 3. The highest BCUT2D eigenvalue weighted by Crippen LogP contribution is 2.38. The van der Waals surface area contributed by atoms with E-state index < -0.39 is 42.1 Å². The summed E-state index contributed by atoms with van der Waals surface area (Å²) in [6, 6.07) is 0. The summed E-state index contributed by atoms with van der Waals surface area (Å²) in [6.45, 7) is 4.78. The van der Waals surface area contributed by atoms with E-state index in [0.29, 0.717) is 18.4 Å². The molecule has 2 aliphatic heterocycles. The van der Waals surface area contributed by atoms with Crippen molar-refractivity contribution in [3.63, 3.8) is 0 Å². The van der Waals surface area contributed by atoms with Gasteiger partial charge in [-0.3, -0.25) is 4.79 Å². The lowest BCUT2D eigenvalue weighted by Gasteiger charge is -2.21. The van der Waals surface area contributed by atoms with Crippen LogP contribution in [0.25, 0.3) is 0 Å². The van der Waals surface area contributed by atoms with Crippen LogP contribution in [0.2, 0.25) is 0 Å². The average molecular weight is 334 g/mol. The standard InChI is InChI=1S/C17H18O7/c1-8-15-13(23-16(8)20)5-10(7-18)3-4-12(22-9(2)19)11-6-14(15)24-17(11)21/h5-6,12-15,18H,1,3-4,7H2,2H3/b10-5-. The van der Waals surface area contributed by atoms with E-state index >= 15 is 0 Å². The molecule has 2 bridgehead atoms. The third kappa shape index (κ3) is 2.87. The summed E-state index contributed by atoms with van der Waals surface area (Å²) in [4.78, 5) is 35.4. The van der Waals surface area contributed by atoms with Crippen molar-refractivity contribution in [2.45, 2.75) is 38.1 Å². The first kappa shape index (κ1) is 16.4. The molecule has 0 spiro atoms. The number of fused-ring (bicyclic) bond motifs is 3. The zero-order chi connectivity index (χ0) is 17.4. The minimum Gasteiger partial charge on any atom is -0.457 e. The lowest BCUT2D eigenvalue weighted by atomic mass is 9.87. The molecule has 0 aromatic heterocycles. The third-order valence-electron chi connectivity index (χ3n) is 4.42. The molecule has 1 fully saturated rings. The van der Waals surface area contributed by atoms with Gasteiger partial charge in [0.1, 0.15) is 18.3 Å². The van der Waals surface area contributed by atoms with Gasteiger partial charge in [-0.25, -0.2) is 9.59 Å². The lowest BCUT2D eigenvalue weighted by Crippen LogP contribution is -2.28. The highest BCUT2D eigenvalue weighted by molar-refractivity contribution is 5.94. The van der Waals surface area contributed by atoms with Gasteiger partial charge in [-0.2, -0.15) is 0 Å². The summed E-state index contributed by atoms with van der Waals surface area (Å²) in [5, 5.41) is 9.54. The van der Waals surface area contributed by atoms with Crippen LogP contribution >= 0.6 is 0 Å². The lowest BCUT2D eigenvalue weighted by molar-refractivity contribution is -0.147. The van der Waals surface area contributed by atoms with Crippen molar-refractivity contribution in [2.24, 2.45) is 5.92 Å². The summed E-state index contributed by atoms with van der Waals surface area (Å²) < 4.78 is 15.9. The first-order valence-electron chi connectivity index (χ1n) is 7.71. The van der Waals surface area contributed by atoms with Gasteiger partial charge in [0.25, 0.3) is 0 Å². The van der Waals surface area contributed by atoms with Gasteiger partial charge in [0, 0.05) is 12.5 Å². The number of aliphatic hydroxyl groups excluding tert-OH is 1. The maximum absolute atomic E-state index is 12.2. The summed E-state index contributed by atoms with van der Waals surface area (Å²) in [7, 11) is 0. The van der Waals surface area contributed by atoms with E-state index in [9.17, 15) is 19.5 Å². The predicted molar refractivity (Wildman–Crippen MR) is 80.4 cm³/mol. The molecule has 4 unspecified atom stereocenters. The normalized spacial score (nSPS) is 34.5. The Hall–Kier alpha value is -2.41. The number of hydrogen-bond acceptors (Lipinski definition) is 7. The van der Waals surface area contributed by atoms with Crippen LogP contribution in [-0.2, 0) is 28.6 Å². The topological polar surface area (TPSA) is 99.1 Å². The average Bonchev–Trinajstić information content (AvgIpc) is 3.01. The molecule has 1 N–H and O–H groups in total. The van der Waals surface area contributed by atoms with Gasteiger partial charge in [0.05, 0.1) is 18.1 Å². The molecule has 0 saturated carbocycles. The van der Waals surface area contributed by atoms with Gasteiger partial charge >= 0.3 is 17.9 Å². The van der Waals surface area contributed by atoms with Crippen LogP contribution in [0.4, 0.5) is 0 Å². The van der Waals surface area contributed by atoms with Gasteiger partial charge in [-0.15, -0.1) is 0 Å². The van der Waals surface area contributed by atoms with Crippen LogP contribution in [0.15, 0.2) is 35.5 Å². The Morgan fingerprint density at radius 1 is 1.29 bits per heavy atom. The van der Waals surface area contributed by atoms with E-state index in [4.69, 9.17) is 14.2 Å². The van der Waals surface area contributed by atoms with Gasteiger partial charge in [-0.05, 0) is 30.6 Å². The molecule has 3 aliphatic rings. The number of carbonyl (C=O) groups excluding carboxylic acids is 3. The number of rotatable bonds is 2. The Bertz CT molecular complexity index is 672. The van der Waals surface area contributed by atoms with Crippen molar-refractivity contribution in [2.75, 3.05) is 6.61 Å². The molecule has 4 atom stereocenters. The molecule has 0 radical (unpaired) electrons. The summed E-state index contributed by atoms with van der Waals surface area (Å²) in [6.07, 6.45) is 1.84. The van der Waals surface area contributed by atoms with Crippen molar-refractivity contribution < 1.29 is 33.7 Å². The molecule has 1 aliphatic carbocycles. The minimum atomic E-state index is -0.752. The molecule has 1 saturated heterocycles. The van der Waals surface area contributed by atoms with E-state index in [0.717, 1.165) is 0 Å². The molecule has 0 aromatic rings. The van der Waals surface area contributed by atoms with Crippen LogP contribution < -0.4 is 0 Å². The highest BCUT2D eigenvalue weighted by Gasteiger charge is 2.47. The van der Waals surface area contributed by atoms with Crippen LogP contribution in [0.1, 0.15) is 19.8 Å². The zero-order valence-corrected chi connectivity index (χ0v) is 13.2. The highest BCUT2D eigenvalue weighted by atomic mass is 16.6. The van der Waals surface area contributed by atoms with Crippen molar-refractivity contribution in [3.8, 4) is 0 Å². The monoisotopic (exact) mass is 334 g/mol. The molecule has 7 heteroatoms. The molecule has 0 amide bonds. The molecule has 7 nitrogen and oxygen atoms in total. The fourth-order valence-electron chi connectivity index (χ4n) is 3.26. The van der Waals surface area contributed by atoms with E-state index in [1.165, 1.54) is 6.92 Å². The molecular weight excluding hydrogens is 316 g/mol.